The first-order chi connectivity index (χ1) is 3.84. The maximum absolute atomic E-state index is 8.38. The zero-order chi connectivity index (χ0) is 5.98. The van der Waals surface area contributed by atoms with Crippen LogP contribution in [0.25, 0.3) is 0 Å². The van der Waals surface area contributed by atoms with Gasteiger partial charge in [0.05, 0.1) is 0 Å². The first-order valence-corrected chi connectivity index (χ1v) is 2.66. The number of rotatable bonds is 0. The number of hydrogen-bond acceptors (Lipinski definition) is 2. The highest BCUT2D eigenvalue weighted by Crippen LogP contribution is 2.09. The molecule has 1 aliphatic rings. The Hall–Kier alpha value is -0.970. The third-order valence-corrected chi connectivity index (χ3v) is 1.33. The van der Waals surface area contributed by atoms with Crippen molar-refractivity contribution in [3.05, 3.63) is 11.8 Å². The van der Waals surface area contributed by atoms with Gasteiger partial charge in [-0.25, -0.2) is 0 Å². The summed E-state index contributed by atoms with van der Waals surface area (Å²) in [5.74, 6) is 0. The molecule has 0 N–H and O–H groups in total. The van der Waals surface area contributed by atoms with Gasteiger partial charge in [-0.05, 0) is 12.5 Å². The molecule has 0 bridgehead atoms. The first-order valence-electron chi connectivity index (χ1n) is 2.66. The van der Waals surface area contributed by atoms with E-state index in [0.717, 1.165) is 18.7 Å². The highest BCUT2D eigenvalue weighted by molar-refractivity contribution is 5.22. The van der Waals surface area contributed by atoms with E-state index in [1.165, 1.54) is 0 Å². The average molecular weight is 108 g/mol. The lowest BCUT2D eigenvalue weighted by Crippen LogP contribution is -2.11. The summed E-state index contributed by atoms with van der Waals surface area (Å²) in [6.45, 7) is 1.00. The van der Waals surface area contributed by atoms with Crippen LogP contribution in [0.4, 0.5) is 0 Å². The summed E-state index contributed by atoms with van der Waals surface area (Å²) >= 11 is 0. The molecule has 42 valence electrons. The Balaban J connectivity index is 2.66. The molecule has 2 heteroatoms. The van der Waals surface area contributed by atoms with E-state index in [1.54, 1.807) is 0 Å². The second kappa shape index (κ2) is 1.87. The molecule has 0 fully saturated rings. The largest absolute Gasteiger partial charge is 0.366 e. The van der Waals surface area contributed by atoms with Crippen LogP contribution in [0.5, 0.6) is 0 Å². The minimum Gasteiger partial charge on any atom is -0.366 e. The van der Waals surface area contributed by atoms with Crippen molar-refractivity contribution in [3.63, 3.8) is 0 Å². The number of nitrogens with zero attached hydrogens (tertiary/aromatic N) is 2. The van der Waals surface area contributed by atoms with Gasteiger partial charge in [-0.3, -0.25) is 0 Å². The predicted octanol–water partition coefficient (Wildman–Crippen LogP) is 0.729. The van der Waals surface area contributed by atoms with Crippen LogP contribution in [-0.4, -0.2) is 18.5 Å². The third-order valence-electron chi connectivity index (χ3n) is 1.33. The molecule has 0 aromatic heterocycles. The summed E-state index contributed by atoms with van der Waals surface area (Å²) in [6.07, 6.45) is 2.99. The van der Waals surface area contributed by atoms with Crippen molar-refractivity contribution in [2.75, 3.05) is 13.6 Å². The molecule has 0 saturated heterocycles. The van der Waals surface area contributed by atoms with Crippen LogP contribution in [0.1, 0.15) is 6.42 Å². The van der Waals surface area contributed by atoms with Gasteiger partial charge in [0.25, 0.3) is 0 Å². The van der Waals surface area contributed by atoms with Gasteiger partial charge in [0.1, 0.15) is 11.8 Å². The van der Waals surface area contributed by atoms with E-state index >= 15 is 0 Å². The number of allylic oxidation sites excluding steroid dienone is 1. The van der Waals surface area contributed by atoms with E-state index in [4.69, 9.17) is 5.26 Å². The van der Waals surface area contributed by atoms with Gasteiger partial charge in [-0.15, -0.1) is 0 Å². The monoisotopic (exact) mass is 108 g/mol. The normalized spacial score (nSPS) is 18.0. The van der Waals surface area contributed by atoms with Gasteiger partial charge < -0.3 is 4.90 Å². The van der Waals surface area contributed by atoms with E-state index in [9.17, 15) is 0 Å². The van der Waals surface area contributed by atoms with E-state index in [1.807, 2.05) is 18.0 Å². The SMILES string of the molecule is CN1CCC=C1C#N. The zero-order valence-corrected chi connectivity index (χ0v) is 4.89. The lowest BCUT2D eigenvalue weighted by molar-refractivity contribution is 0.474. The van der Waals surface area contributed by atoms with Crippen molar-refractivity contribution >= 4 is 0 Å². The Morgan fingerprint density at radius 3 is 2.88 bits per heavy atom. The molecule has 0 unspecified atom stereocenters. The van der Waals surface area contributed by atoms with Gasteiger partial charge >= 0.3 is 0 Å². The van der Waals surface area contributed by atoms with Gasteiger partial charge in [0.2, 0.25) is 0 Å². The van der Waals surface area contributed by atoms with Gasteiger partial charge in [0, 0.05) is 13.6 Å². The van der Waals surface area contributed by atoms with Crippen molar-refractivity contribution in [1.82, 2.24) is 4.90 Å². The maximum Gasteiger partial charge on any atom is 0.117 e. The molecule has 1 heterocycles. The van der Waals surface area contributed by atoms with E-state index < -0.39 is 0 Å². The summed E-state index contributed by atoms with van der Waals surface area (Å²) in [4.78, 5) is 1.96. The highest BCUT2D eigenvalue weighted by Gasteiger charge is 2.07. The van der Waals surface area contributed by atoms with Crippen LogP contribution in [0.3, 0.4) is 0 Å². The number of hydrogen-bond donors (Lipinski definition) is 0. The second-order valence-electron chi connectivity index (χ2n) is 1.91. The fourth-order valence-electron chi connectivity index (χ4n) is 0.802. The topological polar surface area (TPSA) is 27.0 Å². The van der Waals surface area contributed by atoms with Crippen molar-refractivity contribution in [3.8, 4) is 6.07 Å². The van der Waals surface area contributed by atoms with E-state index in [-0.39, 0.29) is 0 Å². The van der Waals surface area contributed by atoms with Gasteiger partial charge in [-0.2, -0.15) is 5.26 Å². The number of nitriles is 1. The summed E-state index contributed by atoms with van der Waals surface area (Å²) in [5.41, 5.74) is 0.810. The van der Waals surface area contributed by atoms with Crippen molar-refractivity contribution in [2.24, 2.45) is 0 Å². The smallest absolute Gasteiger partial charge is 0.117 e. The molecule has 1 aliphatic heterocycles. The van der Waals surface area contributed by atoms with Crippen LogP contribution in [0, 0.1) is 11.3 Å². The zero-order valence-electron chi connectivity index (χ0n) is 4.89. The molecule has 0 amide bonds. The molecule has 2 nitrogen and oxygen atoms in total. The summed E-state index contributed by atoms with van der Waals surface area (Å²) < 4.78 is 0. The van der Waals surface area contributed by atoms with Crippen LogP contribution in [-0.2, 0) is 0 Å². The first kappa shape index (κ1) is 5.17. The van der Waals surface area contributed by atoms with Crippen molar-refractivity contribution in [1.29, 1.82) is 5.26 Å². The molecule has 0 aromatic carbocycles. The minimum atomic E-state index is 0.810. The highest BCUT2D eigenvalue weighted by atomic mass is 15.1. The molecule has 0 spiro atoms. The Morgan fingerprint density at radius 2 is 2.62 bits per heavy atom. The Kier molecular flexibility index (Phi) is 1.21. The maximum atomic E-state index is 8.38. The van der Waals surface area contributed by atoms with E-state index in [0.29, 0.717) is 0 Å². The van der Waals surface area contributed by atoms with Crippen LogP contribution < -0.4 is 0 Å². The Labute approximate surface area is 49.0 Å². The Morgan fingerprint density at radius 1 is 1.88 bits per heavy atom. The summed E-state index contributed by atoms with van der Waals surface area (Å²) in [5, 5.41) is 8.38. The Bertz CT molecular complexity index is 152. The molecule has 0 radical (unpaired) electrons. The average Bonchev–Trinajstić information content (AvgIpc) is 2.14. The van der Waals surface area contributed by atoms with Gasteiger partial charge in [0.15, 0.2) is 0 Å². The minimum absolute atomic E-state index is 0.810. The molecular weight excluding hydrogens is 100 g/mol. The molecular formula is C6H8N2. The van der Waals surface area contributed by atoms with Crippen LogP contribution in [0.15, 0.2) is 11.8 Å². The molecule has 0 aliphatic carbocycles. The third kappa shape index (κ3) is 0.671. The molecule has 0 saturated carbocycles. The second-order valence-corrected chi connectivity index (χ2v) is 1.91. The molecule has 1 rings (SSSR count). The molecule has 0 aromatic rings. The van der Waals surface area contributed by atoms with Crippen LogP contribution >= 0.6 is 0 Å². The van der Waals surface area contributed by atoms with Crippen molar-refractivity contribution in [2.45, 2.75) is 6.42 Å². The fourth-order valence-corrected chi connectivity index (χ4v) is 0.802. The van der Waals surface area contributed by atoms with Crippen molar-refractivity contribution < 1.29 is 0 Å². The lowest BCUT2D eigenvalue weighted by Gasteiger charge is -2.07. The standard InChI is InChI=1S/C6H8N2/c1-8-4-2-3-6(8)5-7/h3H,2,4H2,1H3. The molecule has 0 atom stereocenters. The quantitative estimate of drug-likeness (QED) is 0.457. The summed E-state index contributed by atoms with van der Waals surface area (Å²) in [7, 11) is 1.93. The van der Waals surface area contributed by atoms with Crippen LogP contribution in [0.2, 0.25) is 0 Å². The lowest BCUT2D eigenvalue weighted by atomic mass is 10.4. The van der Waals surface area contributed by atoms with E-state index in [2.05, 4.69) is 6.07 Å². The fraction of sp³-hybridized carbons (Fsp3) is 0.500. The predicted molar refractivity (Wildman–Crippen MR) is 30.9 cm³/mol. The molecule has 8 heavy (non-hydrogen) atoms. The summed E-state index contributed by atoms with van der Waals surface area (Å²) in [6, 6.07) is 2.10. The van der Waals surface area contributed by atoms with Gasteiger partial charge in [-0.1, -0.05) is 0 Å².